The van der Waals surface area contributed by atoms with Crippen molar-refractivity contribution < 1.29 is 5.11 Å². The quantitative estimate of drug-likeness (QED) is 0.577. The summed E-state index contributed by atoms with van der Waals surface area (Å²) >= 11 is 0. The molecule has 0 bridgehead atoms. The summed E-state index contributed by atoms with van der Waals surface area (Å²) in [5, 5.41) is 21.0. The zero-order chi connectivity index (χ0) is 8.39. The Bertz CT molecular complexity index is 370. The SMILES string of the molecule is [O-]c1nnnn1-c1ccccc1. The molecule has 0 aliphatic heterocycles. The van der Waals surface area contributed by atoms with Gasteiger partial charge in [0, 0.05) is 0 Å². The lowest BCUT2D eigenvalue weighted by molar-refractivity contribution is -0.284. The van der Waals surface area contributed by atoms with Crippen LogP contribution in [0.15, 0.2) is 30.3 Å². The summed E-state index contributed by atoms with van der Waals surface area (Å²) in [6.45, 7) is 0. The van der Waals surface area contributed by atoms with Crippen molar-refractivity contribution >= 4 is 0 Å². The number of nitrogens with zero attached hydrogens (tertiary/aromatic N) is 4. The Kier molecular flexibility index (Phi) is 1.48. The molecule has 0 amide bonds. The zero-order valence-electron chi connectivity index (χ0n) is 6.08. The molecule has 1 aromatic heterocycles. The number of aromatic nitrogens is 4. The Morgan fingerprint density at radius 2 is 1.92 bits per heavy atom. The second-order valence-electron chi connectivity index (χ2n) is 2.21. The topological polar surface area (TPSA) is 66.7 Å². The molecule has 2 aromatic rings. The molecule has 0 aliphatic carbocycles. The number of hydrogen-bond acceptors (Lipinski definition) is 4. The first-order valence-corrected chi connectivity index (χ1v) is 3.39. The lowest BCUT2D eigenvalue weighted by Gasteiger charge is -2.04. The van der Waals surface area contributed by atoms with Crippen LogP contribution in [0.1, 0.15) is 0 Å². The van der Waals surface area contributed by atoms with E-state index in [0.29, 0.717) is 5.69 Å². The van der Waals surface area contributed by atoms with Crippen molar-refractivity contribution in [3.63, 3.8) is 0 Å². The van der Waals surface area contributed by atoms with Crippen molar-refractivity contribution in [3.05, 3.63) is 30.3 Å². The number of benzene rings is 1. The van der Waals surface area contributed by atoms with Gasteiger partial charge in [0.15, 0.2) is 0 Å². The van der Waals surface area contributed by atoms with Crippen molar-refractivity contribution in [2.45, 2.75) is 0 Å². The van der Waals surface area contributed by atoms with Crippen molar-refractivity contribution in [3.8, 4) is 11.7 Å². The molecule has 1 heterocycles. The van der Waals surface area contributed by atoms with E-state index in [0.717, 1.165) is 4.68 Å². The van der Waals surface area contributed by atoms with E-state index >= 15 is 0 Å². The van der Waals surface area contributed by atoms with E-state index in [-0.39, 0.29) is 0 Å². The molecule has 5 nitrogen and oxygen atoms in total. The van der Waals surface area contributed by atoms with Crippen LogP contribution in [0.2, 0.25) is 0 Å². The molecule has 0 N–H and O–H groups in total. The monoisotopic (exact) mass is 161 g/mol. The highest BCUT2D eigenvalue weighted by Gasteiger charge is 1.96. The number of rotatable bonds is 1. The Balaban J connectivity index is 2.51. The van der Waals surface area contributed by atoms with Gasteiger partial charge in [-0.2, -0.15) is 0 Å². The van der Waals surface area contributed by atoms with E-state index in [1.165, 1.54) is 0 Å². The molecule has 1 aromatic carbocycles. The van der Waals surface area contributed by atoms with Gasteiger partial charge in [-0.05, 0) is 22.6 Å². The molecule has 0 atom stereocenters. The molecular formula is C7H5N4O-. The molecule has 60 valence electrons. The van der Waals surface area contributed by atoms with E-state index in [2.05, 4.69) is 15.5 Å². The number of hydrogen-bond donors (Lipinski definition) is 0. The van der Waals surface area contributed by atoms with Crippen LogP contribution in [-0.4, -0.2) is 20.2 Å². The minimum absolute atomic E-state index is 0.457. The average Bonchev–Trinajstić information content (AvgIpc) is 2.53. The second-order valence-corrected chi connectivity index (χ2v) is 2.21. The molecule has 0 radical (unpaired) electrons. The van der Waals surface area contributed by atoms with Crippen LogP contribution in [-0.2, 0) is 0 Å². The van der Waals surface area contributed by atoms with Gasteiger partial charge in [-0.15, -0.1) is 5.10 Å². The number of tetrazole rings is 1. The van der Waals surface area contributed by atoms with Gasteiger partial charge in [0.25, 0.3) is 0 Å². The van der Waals surface area contributed by atoms with Crippen molar-refractivity contribution in [2.24, 2.45) is 0 Å². The standard InChI is InChI=1S/C7H6N4O/c12-7-8-9-10-11(7)6-4-2-1-3-5-6/h1-5H,(H,8,10,12)/p-1. The highest BCUT2D eigenvalue weighted by molar-refractivity contribution is 5.30. The predicted molar refractivity (Wildman–Crippen MR) is 38.6 cm³/mol. The van der Waals surface area contributed by atoms with Crippen molar-refractivity contribution in [1.82, 2.24) is 20.2 Å². The normalized spacial score (nSPS) is 10.0. The smallest absolute Gasteiger partial charge is 0.111 e. The van der Waals surface area contributed by atoms with E-state index in [1.54, 1.807) is 12.1 Å². The van der Waals surface area contributed by atoms with E-state index in [9.17, 15) is 5.11 Å². The Morgan fingerprint density at radius 3 is 2.50 bits per heavy atom. The predicted octanol–water partition coefficient (Wildman–Crippen LogP) is -0.264. The van der Waals surface area contributed by atoms with Gasteiger partial charge >= 0.3 is 0 Å². The summed E-state index contributed by atoms with van der Waals surface area (Å²) < 4.78 is 1.14. The maximum absolute atomic E-state index is 10.9. The van der Waals surface area contributed by atoms with E-state index in [4.69, 9.17) is 0 Å². The van der Waals surface area contributed by atoms with Gasteiger partial charge in [-0.25, -0.2) is 4.68 Å². The third kappa shape index (κ3) is 1.01. The molecule has 0 aliphatic rings. The van der Waals surface area contributed by atoms with Crippen LogP contribution in [0.5, 0.6) is 6.01 Å². The summed E-state index contributed by atoms with van der Waals surface area (Å²) in [5.41, 5.74) is 0.674. The van der Waals surface area contributed by atoms with Crippen LogP contribution in [0, 0.1) is 0 Å². The van der Waals surface area contributed by atoms with Crippen LogP contribution >= 0.6 is 0 Å². The minimum Gasteiger partial charge on any atom is -0.843 e. The molecule has 0 fully saturated rings. The fraction of sp³-hybridized carbons (Fsp3) is 0. The molecule has 0 saturated heterocycles. The molecule has 12 heavy (non-hydrogen) atoms. The van der Waals surface area contributed by atoms with E-state index in [1.807, 2.05) is 18.2 Å². The van der Waals surface area contributed by atoms with Gasteiger partial charge < -0.3 is 5.11 Å². The van der Waals surface area contributed by atoms with Gasteiger partial charge in [0.05, 0.1) is 5.69 Å². The molecule has 0 saturated carbocycles. The lowest BCUT2D eigenvalue weighted by atomic mass is 10.3. The lowest BCUT2D eigenvalue weighted by Crippen LogP contribution is -2.03. The molecule has 0 spiro atoms. The Labute approximate surface area is 68.3 Å². The number of para-hydroxylation sites is 1. The van der Waals surface area contributed by atoms with Gasteiger partial charge in [0.2, 0.25) is 0 Å². The first-order valence-electron chi connectivity index (χ1n) is 3.39. The molecule has 5 heteroatoms. The maximum atomic E-state index is 10.9. The summed E-state index contributed by atoms with van der Waals surface area (Å²) in [7, 11) is 0. The third-order valence-corrected chi connectivity index (χ3v) is 1.44. The van der Waals surface area contributed by atoms with Gasteiger partial charge in [-0.3, -0.25) is 0 Å². The summed E-state index contributed by atoms with van der Waals surface area (Å²) in [6, 6.07) is 8.56. The Morgan fingerprint density at radius 1 is 1.17 bits per heavy atom. The van der Waals surface area contributed by atoms with E-state index < -0.39 is 6.01 Å². The average molecular weight is 161 g/mol. The fourth-order valence-corrected chi connectivity index (χ4v) is 0.910. The van der Waals surface area contributed by atoms with Crippen LogP contribution < -0.4 is 5.11 Å². The van der Waals surface area contributed by atoms with Crippen molar-refractivity contribution in [2.75, 3.05) is 0 Å². The van der Waals surface area contributed by atoms with Crippen LogP contribution in [0.3, 0.4) is 0 Å². The van der Waals surface area contributed by atoms with Gasteiger partial charge in [-0.1, -0.05) is 18.2 Å². The first-order chi connectivity index (χ1) is 5.88. The van der Waals surface area contributed by atoms with Crippen LogP contribution in [0.4, 0.5) is 0 Å². The molecular weight excluding hydrogens is 156 g/mol. The largest absolute Gasteiger partial charge is 0.843 e. The van der Waals surface area contributed by atoms with Crippen LogP contribution in [0.25, 0.3) is 5.69 Å². The highest BCUT2D eigenvalue weighted by Crippen LogP contribution is 2.07. The highest BCUT2D eigenvalue weighted by atomic mass is 16.3. The Hall–Kier alpha value is -1.91. The second kappa shape index (κ2) is 2.61. The molecule has 2 rings (SSSR count). The zero-order valence-corrected chi connectivity index (χ0v) is 6.08. The minimum atomic E-state index is -0.457. The van der Waals surface area contributed by atoms with Crippen molar-refractivity contribution in [1.29, 1.82) is 0 Å². The van der Waals surface area contributed by atoms with Gasteiger partial charge in [0.1, 0.15) is 6.01 Å². The first kappa shape index (κ1) is 6.78. The maximum Gasteiger partial charge on any atom is 0.111 e. The molecule has 0 unspecified atom stereocenters. The fourth-order valence-electron chi connectivity index (χ4n) is 0.910. The summed E-state index contributed by atoms with van der Waals surface area (Å²) in [4.78, 5) is 0. The summed E-state index contributed by atoms with van der Waals surface area (Å²) in [5.74, 6) is 0. The summed E-state index contributed by atoms with van der Waals surface area (Å²) in [6.07, 6.45) is 0. The third-order valence-electron chi connectivity index (χ3n) is 1.44.